The van der Waals surface area contributed by atoms with E-state index in [1.54, 1.807) is 4.90 Å². The molecule has 1 saturated heterocycles. The quantitative estimate of drug-likeness (QED) is 0.897. The molecule has 3 amide bonds. The van der Waals surface area contributed by atoms with E-state index in [-0.39, 0.29) is 11.9 Å². The summed E-state index contributed by atoms with van der Waals surface area (Å²) in [6.45, 7) is 5.33. The molecule has 2 N–H and O–H groups in total. The Kier molecular flexibility index (Phi) is 5.22. The molecule has 132 valence electrons. The van der Waals surface area contributed by atoms with Gasteiger partial charge in [0.15, 0.2) is 0 Å². The number of amides is 3. The van der Waals surface area contributed by atoms with Crippen molar-refractivity contribution in [1.29, 1.82) is 0 Å². The van der Waals surface area contributed by atoms with Crippen molar-refractivity contribution in [2.75, 3.05) is 18.4 Å². The zero-order valence-corrected chi connectivity index (χ0v) is 14.8. The molecule has 0 aliphatic carbocycles. The van der Waals surface area contributed by atoms with E-state index in [1.807, 2.05) is 42.5 Å². The van der Waals surface area contributed by atoms with Gasteiger partial charge in [-0.15, -0.1) is 0 Å². The third kappa shape index (κ3) is 3.92. The van der Waals surface area contributed by atoms with Crippen LogP contribution in [0.3, 0.4) is 0 Å². The molecule has 2 aromatic carbocycles. The van der Waals surface area contributed by atoms with Crippen LogP contribution in [0.4, 0.5) is 10.5 Å². The Labute approximate surface area is 148 Å². The second-order valence-corrected chi connectivity index (χ2v) is 6.94. The fraction of sp³-hybridized carbons (Fsp3) is 0.400. The molecule has 1 atom stereocenters. The molecule has 0 radical (unpaired) electrons. The molecular weight excluding hydrogens is 314 g/mol. The summed E-state index contributed by atoms with van der Waals surface area (Å²) in [6, 6.07) is 13.2. The maximum Gasteiger partial charge on any atom is 0.322 e. The predicted octanol–water partition coefficient (Wildman–Crippen LogP) is 3.61. The van der Waals surface area contributed by atoms with Crippen LogP contribution in [-0.2, 0) is 4.79 Å². The highest BCUT2D eigenvalue weighted by molar-refractivity contribution is 6.02. The number of hydrogen-bond donors (Lipinski definition) is 2. The molecule has 3 rings (SSSR count). The zero-order valence-electron chi connectivity index (χ0n) is 14.8. The number of nitrogens with zero attached hydrogens (tertiary/aromatic N) is 1. The molecule has 1 fully saturated rings. The molecule has 1 unspecified atom stereocenters. The van der Waals surface area contributed by atoms with Gasteiger partial charge in [-0.2, -0.15) is 0 Å². The summed E-state index contributed by atoms with van der Waals surface area (Å²) in [5.74, 6) is 0.279. The Bertz CT molecular complexity index is 767. The number of urea groups is 1. The zero-order chi connectivity index (χ0) is 17.8. The van der Waals surface area contributed by atoms with Gasteiger partial charge in [0, 0.05) is 18.5 Å². The smallest absolute Gasteiger partial charge is 0.322 e. The number of rotatable bonds is 3. The molecule has 0 aromatic heterocycles. The van der Waals surface area contributed by atoms with E-state index in [9.17, 15) is 9.59 Å². The van der Waals surface area contributed by atoms with Crippen molar-refractivity contribution in [3.8, 4) is 0 Å². The van der Waals surface area contributed by atoms with Crippen molar-refractivity contribution in [3.05, 3.63) is 42.5 Å². The van der Waals surface area contributed by atoms with Crippen LogP contribution in [0.25, 0.3) is 10.8 Å². The van der Waals surface area contributed by atoms with E-state index in [0.29, 0.717) is 25.4 Å². The minimum atomic E-state index is -0.419. The van der Waals surface area contributed by atoms with E-state index < -0.39 is 6.04 Å². The highest BCUT2D eigenvalue weighted by Crippen LogP contribution is 2.24. The first kappa shape index (κ1) is 17.3. The van der Waals surface area contributed by atoms with Crippen molar-refractivity contribution >= 4 is 28.4 Å². The fourth-order valence-corrected chi connectivity index (χ4v) is 3.32. The largest absolute Gasteiger partial charge is 0.354 e. The van der Waals surface area contributed by atoms with Crippen LogP contribution in [0.1, 0.15) is 26.7 Å². The molecule has 0 saturated carbocycles. The van der Waals surface area contributed by atoms with Crippen LogP contribution < -0.4 is 10.6 Å². The molecule has 25 heavy (non-hydrogen) atoms. The lowest BCUT2D eigenvalue weighted by Gasteiger charge is -2.29. The van der Waals surface area contributed by atoms with Crippen LogP contribution in [0.15, 0.2) is 42.5 Å². The maximum absolute atomic E-state index is 12.9. The molecular formula is C20H25N3O2. The number of benzene rings is 2. The van der Waals surface area contributed by atoms with Crippen molar-refractivity contribution in [1.82, 2.24) is 10.2 Å². The lowest BCUT2D eigenvalue weighted by molar-refractivity contribution is -0.125. The van der Waals surface area contributed by atoms with E-state index in [4.69, 9.17) is 0 Å². The second-order valence-electron chi connectivity index (χ2n) is 6.94. The summed E-state index contributed by atoms with van der Waals surface area (Å²) < 4.78 is 0. The van der Waals surface area contributed by atoms with Crippen LogP contribution in [0.5, 0.6) is 0 Å². The van der Waals surface area contributed by atoms with Gasteiger partial charge in [0.25, 0.3) is 0 Å². The van der Waals surface area contributed by atoms with Gasteiger partial charge in [-0.3, -0.25) is 4.79 Å². The minimum Gasteiger partial charge on any atom is -0.354 e. The van der Waals surface area contributed by atoms with Crippen LogP contribution in [-0.4, -0.2) is 36.0 Å². The van der Waals surface area contributed by atoms with Crippen molar-refractivity contribution < 1.29 is 9.59 Å². The second kappa shape index (κ2) is 7.55. The topological polar surface area (TPSA) is 61.4 Å². The number of fused-ring (bicyclic) bond motifs is 1. The van der Waals surface area contributed by atoms with Gasteiger partial charge in [0.1, 0.15) is 6.04 Å². The first-order chi connectivity index (χ1) is 12.1. The number of carbonyl (C=O) groups excluding carboxylic acids is 2. The molecule has 1 aliphatic rings. The normalized spacial score (nSPS) is 18.1. The highest BCUT2D eigenvalue weighted by atomic mass is 16.2. The minimum absolute atomic E-state index is 0.0562. The lowest BCUT2D eigenvalue weighted by atomic mass is 10.0. The first-order valence-corrected chi connectivity index (χ1v) is 8.89. The Morgan fingerprint density at radius 2 is 2.00 bits per heavy atom. The van der Waals surface area contributed by atoms with Gasteiger partial charge in [-0.1, -0.05) is 50.2 Å². The summed E-state index contributed by atoms with van der Waals surface area (Å²) in [7, 11) is 0. The van der Waals surface area contributed by atoms with Gasteiger partial charge in [-0.25, -0.2) is 4.79 Å². The monoisotopic (exact) mass is 339 g/mol. The maximum atomic E-state index is 12.9. The van der Waals surface area contributed by atoms with Crippen molar-refractivity contribution in [2.45, 2.75) is 32.7 Å². The van der Waals surface area contributed by atoms with E-state index in [0.717, 1.165) is 22.9 Å². The fourth-order valence-electron chi connectivity index (χ4n) is 3.32. The Hall–Kier alpha value is -2.56. The van der Waals surface area contributed by atoms with Gasteiger partial charge in [0.05, 0.1) is 5.69 Å². The molecule has 1 aliphatic heterocycles. The average Bonchev–Trinajstić information content (AvgIpc) is 2.77. The highest BCUT2D eigenvalue weighted by Gasteiger charge is 2.32. The van der Waals surface area contributed by atoms with E-state index in [2.05, 4.69) is 24.5 Å². The third-order valence-corrected chi connectivity index (χ3v) is 4.54. The van der Waals surface area contributed by atoms with Gasteiger partial charge >= 0.3 is 6.03 Å². The van der Waals surface area contributed by atoms with Gasteiger partial charge < -0.3 is 15.5 Å². The number of hydrogen-bond acceptors (Lipinski definition) is 2. The predicted molar refractivity (Wildman–Crippen MR) is 101 cm³/mol. The molecule has 1 heterocycles. The Morgan fingerprint density at radius 1 is 1.24 bits per heavy atom. The van der Waals surface area contributed by atoms with Crippen molar-refractivity contribution in [3.63, 3.8) is 0 Å². The van der Waals surface area contributed by atoms with E-state index in [1.165, 1.54) is 0 Å². The summed E-state index contributed by atoms with van der Waals surface area (Å²) in [5, 5.41) is 8.01. The molecule has 0 bridgehead atoms. The summed E-state index contributed by atoms with van der Waals surface area (Å²) in [4.78, 5) is 27.0. The average molecular weight is 339 g/mol. The molecule has 0 spiro atoms. The summed E-state index contributed by atoms with van der Waals surface area (Å²) in [6.07, 6.45) is 1.43. The number of nitrogens with one attached hydrogen (secondary N) is 2. The Morgan fingerprint density at radius 3 is 2.80 bits per heavy atom. The molecule has 2 aromatic rings. The summed E-state index contributed by atoms with van der Waals surface area (Å²) in [5.41, 5.74) is 0.774. The first-order valence-electron chi connectivity index (χ1n) is 8.89. The van der Waals surface area contributed by atoms with E-state index >= 15 is 0 Å². The number of anilines is 1. The van der Waals surface area contributed by atoms with Gasteiger partial charge in [0.2, 0.25) is 5.91 Å². The van der Waals surface area contributed by atoms with Crippen LogP contribution >= 0.6 is 0 Å². The molecule has 5 heteroatoms. The summed E-state index contributed by atoms with van der Waals surface area (Å²) >= 11 is 0. The van der Waals surface area contributed by atoms with Crippen LogP contribution in [0.2, 0.25) is 0 Å². The third-order valence-electron chi connectivity index (χ3n) is 4.54. The van der Waals surface area contributed by atoms with Gasteiger partial charge in [-0.05, 0) is 30.2 Å². The Balaban J connectivity index is 1.85. The van der Waals surface area contributed by atoms with Crippen LogP contribution in [0, 0.1) is 5.92 Å². The lowest BCUT2D eigenvalue weighted by Crippen LogP contribution is -2.49. The molecule has 5 nitrogen and oxygen atoms in total. The van der Waals surface area contributed by atoms with Crippen molar-refractivity contribution in [2.24, 2.45) is 5.92 Å². The number of carbonyl (C=O) groups is 2. The SMILES string of the molecule is CC(C)CC1C(=O)NCCCN1C(=O)Nc1cccc2ccccc12. The standard InChI is InChI=1S/C20H25N3O2/c1-14(2)13-18-19(24)21-11-6-12-23(18)20(25)22-17-10-5-8-15-7-3-4-9-16(15)17/h3-5,7-10,14,18H,6,11-13H2,1-2H3,(H,21,24)(H,22,25).